The Kier molecular flexibility index (Phi) is 3.00. The predicted octanol–water partition coefficient (Wildman–Crippen LogP) is -0.619. The molecule has 0 aromatic heterocycles. The number of nitrogens with zero attached hydrogens (tertiary/aromatic N) is 1. The lowest BCUT2D eigenvalue weighted by Gasteiger charge is -2.36. The van der Waals surface area contributed by atoms with Gasteiger partial charge in [0.05, 0.1) is 5.44 Å². The van der Waals surface area contributed by atoms with Crippen LogP contribution in [0.3, 0.4) is 0 Å². The average molecular weight is 285 g/mol. The van der Waals surface area contributed by atoms with Crippen molar-refractivity contribution in [1.29, 1.82) is 0 Å². The molecule has 0 bridgehead atoms. The molecule has 108 valence electrons. The molecule has 3 rings (SSSR count). The van der Waals surface area contributed by atoms with Crippen molar-refractivity contribution in [3.63, 3.8) is 0 Å². The maximum atomic E-state index is 12.6. The fourth-order valence-corrected chi connectivity index (χ4v) is 3.04. The van der Waals surface area contributed by atoms with Gasteiger partial charge in [0, 0.05) is 29.8 Å². The molecule has 21 heavy (non-hydrogen) atoms. The third-order valence-corrected chi connectivity index (χ3v) is 4.41. The van der Waals surface area contributed by atoms with E-state index < -0.39 is 11.3 Å². The van der Waals surface area contributed by atoms with Gasteiger partial charge in [0.2, 0.25) is 11.8 Å². The molecule has 1 aromatic rings. The summed E-state index contributed by atoms with van der Waals surface area (Å²) in [5.74, 6) is -0.901. The number of hydrogen-bond acceptors (Lipinski definition) is 4. The summed E-state index contributed by atoms with van der Waals surface area (Å²) in [7, 11) is 1.71. The Morgan fingerprint density at radius 1 is 1.29 bits per heavy atom. The first kappa shape index (κ1) is 13.7. The number of nitrogens with two attached hydrogens (primary N) is 1. The number of imide groups is 1. The fraction of sp³-hybridized carbons (Fsp3) is 0.357. The first-order chi connectivity index (χ1) is 9.93. The van der Waals surface area contributed by atoms with Gasteiger partial charge in [-0.15, -0.1) is 0 Å². The zero-order valence-electron chi connectivity index (χ0n) is 11.8. The molecule has 1 saturated heterocycles. The molecule has 3 N–H and O–H groups in total. The molecule has 2 aliphatic rings. The van der Waals surface area contributed by atoms with Crippen molar-refractivity contribution in [1.82, 2.24) is 10.2 Å². The highest BCUT2D eigenvalue weighted by molar-refractivity contribution is 6.31. The zero-order chi connectivity index (χ0) is 15.2. The minimum atomic E-state index is -1.02. The van der Waals surface area contributed by atoms with E-state index in [2.05, 4.69) is 5.32 Å². The summed E-state index contributed by atoms with van der Waals surface area (Å²) in [6, 6.07) is 5.19. The van der Waals surface area contributed by atoms with Crippen molar-refractivity contribution >= 4 is 31.3 Å². The molecule has 1 atom stereocenters. The van der Waals surface area contributed by atoms with Crippen LogP contribution in [0, 0.1) is 0 Å². The highest BCUT2D eigenvalue weighted by atomic mass is 16.2. The smallest absolute Gasteiger partial charge is 0.254 e. The Labute approximate surface area is 123 Å². The first-order valence-electron chi connectivity index (χ1n) is 6.97. The second-order valence-electron chi connectivity index (χ2n) is 5.77. The van der Waals surface area contributed by atoms with Crippen molar-refractivity contribution in [3.8, 4) is 0 Å². The van der Waals surface area contributed by atoms with Crippen LogP contribution in [0.15, 0.2) is 18.2 Å². The van der Waals surface area contributed by atoms with Crippen LogP contribution >= 0.6 is 0 Å². The predicted molar refractivity (Wildman–Crippen MR) is 79.0 cm³/mol. The number of hydrogen-bond donors (Lipinski definition) is 2. The van der Waals surface area contributed by atoms with Crippen molar-refractivity contribution in [2.75, 3.05) is 5.73 Å². The van der Waals surface area contributed by atoms with E-state index in [1.54, 1.807) is 26.0 Å². The van der Waals surface area contributed by atoms with E-state index in [0.717, 1.165) is 5.56 Å². The molecule has 7 heteroatoms. The van der Waals surface area contributed by atoms with E-state index >= 15 is 0 Å². The van der Waals surface area contributed by atoms with Crippen molar-refractivity contribution in [3.05, 3.63) is 29.3 Å². The van der Waals surface area contributed by atoms with E-state index in [4.69, 9.17) is 5.73 Å². The number of fused-ring (bicyclic) bond motifs is 1. The van der Waals surface area contributed by atoms with Gasteiger partial charge in [-0.2, -0.15) is 0 Å². The normalized spacial score (nSPS) is 25.5. The van der Waals surface area contributed by atoms with Crippen LogP contribution in [-0.4, -0.2) is 35.9 Å². The number of carbonyl (C=O) groups excluding carboxylic acids is 3. The molecule has 2 heterocycles. The van der Waals surface area contributed by atoms with Crippen LogP contribution in [0.1, 0.15) is 35.2 Å². The number of amides is 3. The summed E-state index contributed by atoms with van der Waals surface area (Å²) in [6.07, 6.45) is 1.34. The Morgan fingerprint density at radius 3 is 2.76 bits per heavy atom. The van der Waals surface area contributed by atoms with Gasteiger partial charge in [-0.05, 0) is 25.0 Å². The molecular weight excluding hydrogens is 269 g/mol. The van der Waals surface area contributed by atoms with Gasteiger partial charge >= 0.3 is 0 Å². The van der Waals surface area contributed by atoms with Crippen molar-refractivity contribution in [2.45, 2.75) is 31.2 Å². The van der Waals surface area contributed by atoms with Gasteiger partial charge in [0.1, 0.15) is 7.85 Å². The van der Waals surface area contributed by atoms with Gasteiger partial charge < -0.3 is 10.6 Å². The van der Waals surface area contributed by atoms with Crippen LogP contribution in [-0.2, 0) is 16.1 Å². The number of nitrogens with one attached hydrogen (secondary N) is 1. The van der Waals surface area contributed by atoms with Gasteiger partial charge in [-0.1, -0.05) is 6.07 Å². The number of carbonyl (C=O) groups is 3. The summed E-state index contributed by atoms with van der Waals surface area (Å²) in [6.45, 7) is 0.305. The van der Waals surface area contributed by atoms with Crippen molar-refractivity contribution in [2.24, 2.45) is 0 Å². The van der Waals surface area contributed by atoms with Crippen LogP contribution in [0.2, 0.25) is 0 Å². The van der Waals surface area contributed by atoms with Gasteiger partial charge in [-0.3, -0.25) is 19.7 Å². The lowest BCUT2D eigenvalue weighted by atomic mass is 9.72. The first-order valence-corrected chi connectivity index (χ1v) is 6.97. The number of anilines is 1. The maximum Gasteiger partial charge on any atom is 0.254 e. The lowest BCUT2D eigenvalue weighted by molar-refractivity contribution is -0.133. The highest BCUT2D eigenvalue weighted by Gasteiger charge is 2.47. The molecule has 0 unspecified atom stereocenters. The second kappa shape index (κ2) is 4.61. The molecule has 0 saturated carbocycles. The molecule has 0 radical (unpaired) electrons. The maximum absolute atomic E-state index is 12.6. The summed E-state index contributed by atoms with van der Waals surface area (Å²) < 4.78 is 0. The van der Waals surface area contributed by atoms with Gasteiger partial charge in [-0.25, -0.2) is 0 Å². The zero-order valence-corrected chi connectivity index (χ0v) is 11.8. The summed E-state index contributed by atoms with van der Waals surface area (Å²) in [4.78, 5) is 38.0. The fourth-order valence-electron chi connectivity index (χ4n) is 3.04. The number of rotatable bonds is 1. The molecule has 3 amide bonds. The number of nitrogen functional groups attached to an aromatic ring is 1. The number of benzene rings is 1. The summed E-state index contributed by atoms with van der Waals surface area (Å²) >= 11 is 0. The van der Waals surface area contributed by atoms with Gasteiger partial charge in [0.15, 0.2) is 0 Å². The molecular formula is C14H16BN3O3. The molecule has 1 aromatic carbocycles. The van der Waals surface area contributed by atoms with E-state index in [1.807, 2.05) is 0 Å². The Morgan fingerprint density at radius 2 is 2.05 bits per heavy atom. The van der Waals surface area contributed by atoms with Crippen LogP contribution in [0.4, 0.5) is 5.69 Å². The Bertz CT molecular complexity index is 661. The van der Waals surface area contributed by atoms with E-state index in [0.29, 0.717) is 37.1 Å². The molecule has 0 spiro atoms. The minimum absolute atomic E-state index is 0.204. The highest BCUT2D eigenvalue weighted by Crippen LogP contribution is 2.34. The third-order valence-electron chi connectivity index (χ3n) is 4.41. The van der Waals surface area contributed by atoms with Crippen LogP contribution in [0.25, 0.3) is 0 Å². The Hall–Kier alpha value is -2.31. The third kappa shape index (κ3) is 2.00. The minimum Gasteiger partial charge on any atom is -0.398 e. The van der Waals surface area contributed by atoms with Crippen LogP contribution < -0.4 is 11.1 Å². The average Bonchev–Trinajstić information content (AvgIpc) is 2.71. The molecule has 6 nitrogen and oxygen atoms in total. The second-order valence-corrected chi connectivity index (χ2v) is 5.77. The van der Waals surface area contributed by atoms with E-state index in [-0.39, 0.29) is 11.8 Å². The molecule has 1 fully saturated rings. The summed E-state index contributed by atoms with van der Waals surface area (Å²) in [5, 5.41) is 2.37. The SMILES string of the molecule is B[C@@]1(N2Cc3c(N)cccc3C2=O)CCCC(=O)NC1=O. The molecule has 0 aliphatic carbocycles. The van der Waals surface area contributed by atoms with Gasteiger partial charge in [0.25, 0.3) is 5.91 Å². The largest absolute Gasteiger partial charge is 0.398 e. The topological polar surface area (TPSA) is 92.5 Å². The standard InChI is InChI=1S/C14H16BN3O3/c15-14(6-2-5-11(19)17-13(14)21)18-7-9-8(12(18)20)3-1-4-10(9)16/h1,3-4H,2,5-7,15-16H2,(H,17,19,21)/t14-/m1/s1. The molecule has 2 aliphatic heterocycles. The van der Waals surface area contributed by atoms with E-state index in [1.165, 1.54) is 4.90 Å². The summed E-state index contributed by atoms with van der Waals surface area (Å²) in [5.41, 5.74) is 6.75. The quantitative estimate of drug-likeness (QED) is 0.408. The monoisotopic (exact) mass is 285 g/mol. The van der Waals surface area contributed by atoms with Crippen LogP contribution in [0.5, 0.6) is 0 Å². The lowest BCUT2D eigenvalue weighted by Crippen LogP contribution is -2.59. The van der Waals surface area contributed by atoms with Crippen molar-refractivity contribution < 1.29 is 14.4 Å². The van der Waals surface area contributed by atoms with E-state index in [9.17, 15) is 14.4 Å². The Balaban J connectivity index is 1.98.